The Morgan fingerprint density at radius 3 is 2.43 bits per heavy atom. The highest BCUT2D eigenvalue weighted by Gasteiger charge is 2.45. The zero-order valence-electron chi connectivity index (χ0n) is 13.9. The second-order valence-corrected chi connectivity index (χ2v) is 7.55. The number of nitrogens with zero attached hydrogens (tertiary/aromatic N) is 1. The highest BCUT2D eigenvalue weighted by molar-refractivity contribution is 5.22. The number of nitrogens with one attached hydrogen (secondary N) is 1. The van der Waals surface area contributed by atoms with E-state index in [4.69, 9.17) is 0 Å². The fraction of sp³-hybridized carbons (Fsp3) is 0.684. The highest BCUT2D eigenvalue weighted by Crippen LogP contribution is 2.42. The van der Waals surface area contributed by atoms with Gasteiger partial charge in [0.15, 0.2) is 0 Å². The van der Waals surface area contributed by atoms with E-state index in [1.807, 2.05) is 0 Å². The molecule has 2 nitrogen and oxygen atoms in total. The van der Waals surface area contributed by atoms with Crippen LogP contribution in [0.5, 0.6) is 0 Å². The van der Waals surface area contributed by atoms with Gasteiger partial charge in [-0.3, -0.25) is 4.90 Å². The van der Waals surface area contributed by atoms with E-state index in [2.05, 4.69) is 61.3 Å². The molecule has 0 spiro atoms. The van der Waals surface area contributed by atoms with E-state index in [1.165, 1.54) is 44.2 Å². The summed E-state index contributed by atoms with van der Waals surface area (Å²) >= 11 is 0. The average molecular weight is 286 g/mol. The van der Waals surface area contributed by atoms with E-state index in [1.54, 1.807) is 0 Å². The van der Waals surface area contributed by atoms with Crippen molar-refractivity contribution in [3.8, 4) is 0 Å². The molecule has 1 saturated heterocycles. The van der Waals surface area contributed by atoms with Crippen LogP contribution in [-0.2, 0) is 0 Å². The first-order valence-corrected chi connectivity index (χ1v) is 8.63. The van der Waals surface area contributed by atoms with Crippen LogP contribution in [-0.4, -0.2) is 29.1 Å². The van der Waals surface area contributed by atoms with E-state index < -0.39 is 0 Å². The molecule has 0 radical (unpaired) electrons. The lowest BCUT2D eigenvalue weighted by Gasteiger charge is -2.53. The minimum absolute atomic E-state index is 0.261. The molecule has 2 fully saturated rings. The molecule has 21 heavy (non-hydrogen) atoms. The van der Waals surface area contributed by atoms with Gasteiger partial charge in [-0.1, -0.05) is 50.1 Å². The molecule has 2 atom stereocenters. The summed E-state index contributed by atoms with van der Waals surface area (Å²) in [5, 5.41) is 3.82. The molecular formula is C19H30N2. The van der Waals surface area contributed by atoms with E-state index in [9.17, 15) is 0 Å². The van der Waals surface area contributed by atoms with Gasteiger partial charge in [-0.2, -0.15) is 0 Å². The minimum atomic E-state index is 0.261. The maximum Gasteiger partial charge on any atom is 0.0479 e. The first-order valence-electron chi connectivity index (χ1n) is 8.63. The summed E-state index contributed by atoms with van der Waals surface area (Å²) in [4.78, 5) is 2.83. The van der Waals surface area contributed by atoms with E-state index in [-0.39, 0.29) is 5.54 Å². The zero-order valence-corrected chi connectivity index (χ0v) is 13.9. The molecule has 2 heteroatoms. The Morgan fingerprint density at radius 2 is 1.81 bits per heavy atom. The molecule has 1 aliphatic heterocycles. The summed E-state index contributed by atoms with van der Waals surface area (Å²) in [7, 11) is 0. The molecule has 1 aliphatic carbocycles. The maximum atomic E-state index is 3.82. The number of hydrogen-bond donors (Lipinski definition) is 1. The van der Waals surface area contributed by atoms with Crippen LogP contribution in [0.25, 0.3) is 0 Å². The van der Waals surface area contributed by atoms with Gasteiger partial charge in [0.05, 0.1) is 0 Å². The predicted molar refractivity (Wildman–Crippen MR) is 89.5 cm³/mol. The summed E-state index contributed by atoms with van der Waals surface area (Å²) in [6.07, 6.45) is 6.70. The Hall–Kier alpha value is -0.860. The molecule has 1 aromatic carbocycles. The van der Waals surface area contributed by atoms with Crippen molar-refractivity contribution in [1.29, 1.82) is 0 Å². The average Bonchev–Trinajstić information content (AvgIpc) is 2.96. The zero-order chi connectivity index (χ0) is 14.9. The molecule has 116 valence electrons. The maximum absolute atomic E-state index is 3.82. The normalized spacial score (nSPS) is 33.2. The van der Waals surface area contributed by atoms with Gasteiger partial charge in [0.1, 0.15) is 0 Å². The van der Waals surface area contributed by atoms with Gasteiger partial charge in [-0.15, -0.1) is 0 Å². The third-order valence-corrected chi connectivity index (χ3v) is 5.96. The summed E-state index contributed by atoms with van der Waals surface area (Å²) in [6, 6.07) is 11.6. The number of piperazine rings is 1. The Balaban J connectivity index is 1.91. The molecule has 1 heterocycles. The van der Waals surface area contributed by atoms with Gasteiger partial charge in [-0.05, 0) is 38.7 Å². The predicted octanol–water partition coefficient (Wildman–Crippen LogP) is 4.13. The van der Waals surface area contributed by atoms with E-state index >= 15 is 0 Å². The fourth-order valence-corrected chi connectivity index (χ4v) is 4.20. The second-order valence-electron chi connectivity index (χ2n) is 7.55. The van der Waals surface area contributed by atoms with Crippen molar-refractivity contribution in [2.24, 2.45) is 0 Å². The van der Waals surface area contributed by atoms with Gasteiger partial charge in [-0.25, -0.2) is 0 Å². The molecule has 0 aromatic heterocycles. The lowest BCUT2D eigenvalue weighted by atomic mass is 9.85. The van der Waals surface area contributed by atoms with Crippen LogP contribution in [0, 0.1) is 0 Å². The van der Waals surface area contributed by atoms with Crippen molar-refractivity contribution in [1.82, 2.24) is 10.2 Å². The largest absolute Gasteiger partial charge is 0.308 e. The van der Waals surface area contributed by atoms with Crippen molar-refractivity contribution >= 4 is 0 Å². The molecule has 2 unspecified atom stereocenters. The van der Waals surface area contributed by atoms with Crippen molar-refractivity contribution < 1.29 is 0 Å². The van der Waals surface area contributed by atoms with Crippen LogP contribution in [0.1, 0.15) is 64.5 Å². The van der Waals surface area contributed by atoms with Crippen LogP contribution in [0.2, 0.25) is 0 Å². The summed E-state index contributed by atoms with van der Waals surface area (Å²) < 4.78 is 0. The van der Waals surface area contributed by atoms with E-state index in [0.29, 0.717) is 11.6 Å². The van der Waals surface area contributed by atoms with Crippen molar-refractivity contribution in [3.63, 3.8) is 0 Å². The summed E-state index contributed by atoms with van der Waals surface area (Å²) in [6.45, 7) is 9.44. The molecule has 1 saturated carbocycles. The molecular weight excluding hydrogens is 256 g/mol. The van der Waals surface area contributed by atoms with Crippen LogP contribution in [0.3, 0.4) is 0 Å². The lowest BCUT2D eigenvalue weighted by Crippen LogP contribution is -2.64. The Bertz CT molecular complexity index is 464. The van der Waals surface area contributed by atoms with Gasteiger partial charge < -0.3 is 5.32 Å². The number of hydrogen-bond acceptors (Lipinski definition) is 2. The standard InChI is InChI=1S/C19H30N2/c1-4-18(2)15-21(19(3)12-8-9-13-19)17(14-20-18)16-10-6-5-7-11-16/h5-7,10-11,17,20H,4,8-9,12-15H2,1-3H3. The Kier molecular flexibility index (Phi) is 4.11. The van der Waals surface area contributed by atoms with E-state index in [0.717, 1.165) is 6.54 Å². The molecule has 2 aliphatic rings. The second kappa shape index (κ2) is 5.73. The molecule has 3 rings (SSSR count). The summed E-state index contributed by atoms with van der Waals surface area (Å²) in [5.41, 5.74) is 2.12. The smallest absolute Gasteiger partial charge is 0.0479 e. The van der Waals surface area contributed by atoms with Crippen LogP contribution in [0.4, 0.5) is 0 Å². The third kappa shape index (κ3) is 2.89. The number of rotatable bonds is 3. The van der Waals surface area contributed by atoms with Crippen LogP contribution in [0.15, 0.2) is 30.3 Å². The first-order chi connectivity index (χ1) is 10.1. The molecule has 0 bridgehead atoms. The first kappa shape index (κ1) is 15.1. The topological polar surface area (TPSA) is 15.3 Å². The van der Waals surface area contributed by atoms with Gasteiger partial charge in [0, 0.05) is 30.2 Å². The van der Waals surface area contributed by atoms with Gasteiger partial charge in [0.25, 0.3) is 0 Å². The van der Waals surface area contributed by atoms with Crippen molar-refractivity contribution in [3.05, 3.63) is 35.9 Å². The van der Waals surface area contributed by atoms with Gasteiger partial charge >= 0.3 is 0 Å². The lowest BCUT2D eigenvalue weighted by molar-refractivity contribution is -0.00396. The third-order valence-electron chi connectivity index (χ3n) is 5.96. The fourth-order valence-electron chi connectivity index (χ4n) is 4.20. The van der Waals surface area contributed by atoms with Crippen LogP contribution < -0.4 is 5.32 Å². The molecule has 1 N–H and O–H groups in total. The molecule has 1 aromatic rings. The van der Waals surface area contributed by atoms with Crippen molar-refractivity contribution in [2.75, 3.05) is 13.1 Å². The van der Waals surface area contributed by atoms with Gasteiger partial charge in [0.2, 0.25) is 0 Å². The summed E-state index contributed by atoms with van der Waals surface area (Å²) in [5.74, 6) is 0. The Morgan fingerprint density at radius 1 is 1.14 bits per heavy atom. The number of benzene rings is 1. The van der Waals surface area contributed by atoms with Crippen molar-refractivity contribution in [2.45, 2.75) is 70.0 Å². The quantitative estimate of drug-likeness (QED) is 0.898. The molecule has 0 amide bonds. The monoisotopic (exact) mass is 286 g/mol. The Labute approximate surface area is 129 Å². The SMILES string of the molecule is CCC1(C)CN(C2(C)CCCC2)C(c2ccccc2)CN1. The minimum Gasteiger partial charge on any atom is -0.308 e. The highest BCUT2D eigenvalue weighted by atomic mass is 15.3. The van der Waals surface area contributed by atoms with Crippen LogP contribution >= 0.6 is 0 Å².